The monoisotopic (exact) mass is 435 g/mol. The van der Waals surface area contributed by atoms with Crippen molar-refractivity contribution in [1.82, 2.24) is 9.62 Å². The van der Waals surface area contributed by atoms with E-state index >= 15 is 0 Å². The van der Waals surface area contributed by atoms with Gasteiger partial charge in [-0.2, -0.15) is 4.31 Å². The summed E-state index contributed by atoms with van der Waals surface area (Å²) in [5.41, 5.74) is 6.24. The lowest BCUT2D eigenvalue weighted by Crippen LogP contribution is -2.48. The molecule has 0 aromatic heterocycles. The molecule has 1 atom stereocenters. The summed E-state index contributed by atoms with van der Waals surface area (Å²) in [5, 5.41) is 3.21. The molecule has 29 heavy (non-hydrogen) atoms. The van der Waals surface area contributed by atoms with Crippen molar-refractivity contribution in [3.63, 3.8) is 0 Å². The number of primary amides is 1. The minimum atomic E-state index is -3.97. The maximum atomic E-state index is 13.4. The predicted molar refractivity (Wildman–Crippen MR) is 110 cm³/mol. The van der Waals surface area contributed by atoms with Crippen LogP contribution >= 0.6 is 11.6 Å². The van der Waals surface area contributed by atoms with Crippen LogP contribution in [0.25, 0.3) is 0 Å². The molecule has 1 saturated heterocycles. The number of nitrogens with two attached hydrogens (primary N) is 1. The second-order valence-corrected chi connectivity index (χ2v) is 9.19. The van der Waals surface area contributed by atoms with Crippen LogP contribution in [0.2, 0.25) is 5.02 Å². The zero-order valence-electron chi connectivity index (χ0n) is 15.7. The first-order chi connectivity index (χ1) is 13.8. The minimum Gasteiger partial charge on any atom is -0.366 e. The lowest BCUT2D eigenvalue weighted by molar-refractivity contribution is -0.124. The molecule has 1 aliphatic rings. The molecule has 0 spiro atoms. The Balaban J connectivity index is 1.99. The van der Waals surface area contributed by atoms with Crippen LogP contribution in [-0.2, 0) is 21.4 Å². The Morgan fingerprint density at radius 1 is 1.10 bits per heavy atom. The van der Waals surface area contributed by atoms with Gasteiger partial charge in [-0.15, -0.1) is 0 Å². The van der Waals surface area contributed by atoms with Crippen molar-refractivity contribution in [2.24, 2.45) is 5.73 Å². The number of carbonyl (C=O) groups excluding carboxylic acids is 2. The van der Waals surface area contributed by atoms with E-state index in [-0.39, 0.29) is 17.3 Å². The third kappa shape index (κ3) is 4.95. The molecule has 3 rings (SSSR count). The Hall–Kier alpha value is -2.42. The van der Waals surface area contributed by atoms with Gasteiger partial charge in [-0.3, -0.25) is 9.59 Å². The van der Waals surface area contributed by atoms with Gasteiger partial charge in [0.2, 0.25) is 21.8 Å². The van der Waals surface area contributed by atoms with Gasteiger partial charge in [-0.1, -0.05) is 23.7 Å². The van der Waals surface area contributed by atoms with E-state index in [4.69, 9.17) is 17.3 Å². The van der Waals surface area contributed by atoms with E-state index in [0.717, 1.165) is 12.8 Å². The molecule has 154 valence electrons. The lowest BCUT2D eigenvalue weighted by atomic mass is 10.1. The highest BCUT2D eigenvalue weighted by Gasteiger charge is 2.36. The van der Waals surface area contributed by atoms with Crippen LogP contribution in [0.4, 0.5) is 0 Å². The topological polar surface area (TPSA) is 110 Å². The molecule has 0 saturated carbocycles. The number of amides is 2. The summed E-state index contributed by atoms with van der Waals surface area (Å²) in [6, 6.07) is 11.4. The molecule has 1 heterocycles. The molecule has 1 fully saturated rings. The van der Waals surface area contributed by atoms with E-state index in [1.807, 2.05) is 0 Å². The van der Waals surface area contributed by atoms with Crippen LogP contribution in [-0.4, -0.2) is 37.1 Å². The second kappa shape index (κ2) is 8.94. The number of rotatable bonds is 6. The number of hydrogen-bond acceptors (Lipinski definition) is 4. The molecule has 0 aliphatic carbocycles. The van der Waals surface area contributed by atoms with Gasteiger partial charge in [0.25, 0.3) is 0 Å². The van der Waals surface area contributed by atoms with Crippen LogP contribution in [0.5, 0.6) is 0 Å². The Bertz CT molecular complexity index is 991. The van der Waals surface area contributed by atoms with E-state index in [1.165, 1.54) is 40.7 Å². The molecule has 0 bridgehead atoms. The number of nitrogens with one attached hydrogen (secondary N) is 1. The van der Waals surface area contributed by atoms with Crippen LogP contribution in [0.3, 0.4) is 0 Å². The highest BCUT2D eigenvalue weighted by molar-refractivity contribution is 7.89. The van der Waals surface area contributed by atoms with Crippen molar-refractivity contribution in [1.29, 1.82) is 0 Å². The van der Waals surface area contributed by atoms with Gasteiger partial charge in [-0.05, 0) is 61.2 Å². The average molecular weight is 436 g/mol. The summed E-state index contributed by atoms with van der Waals surface area (Å²) in [6.45, 7) is 0.513. The highest BCUT2D eigenvalue weighted by Crippen LogP contribution is 2.26. The molecule has 1 unspecified atom stereocenters. The number of sulfonamides is 1. The number of nitrogens with zero attached hydrogens (tertiary/aromatic N) is 1. The van der Waals surface area contributed by atoms with E-state index in [9.17, 15) is 18.0 Å². The molecular weight excluding hydrogens is 414 g/mol. The largest absolute Gasteiger partial charge is 0.366 e. The summed E-state index contributed by atoms with van der Waals surface area (Å²) < 4.78 is 28.0. The van der Waals surface area contributed by atoms with E-state index in [0.29, 0.717) is 29.1 Å². The van der Waals surface area contributed by atoms with Crippen molar-refractivity contribution in [3.05, 3.63) is 64.7 Å². The lowest BCUT2D eigenvalue weighted by Gasteiger charge is -2.29. The first-order valence-electron chi connectivity index (χ1n) is 9.23. The number of halogens is 1. The summed E-state index contributed by atoms with van der Waals surface area (Å²) in [7, 11) is -3.97. The third-order valence-electron chi connectivity index (χ3n) is 4.85. The van der Waals surface area contributed by atoms with Crippen LogP contribution in [0, 0.1) is 0 Å². The van der Waals surface area contributed by atoms with Crippen molar-refractivity contribution >= 4 is 33.4 Å². The zero-order valence-corrected chi connectivity index (χ0v) is 17.2. The van der Waals surface area contributed by atoms with Crippen molar-refractivity contribution in [2.45, 2.75) is 36.7 Å². The van der Waals surface area contributed by atoms with E-state index < -0.39 is 22.0 Å². The van der Waals surface area contributed by atoms with Gasteiger partial charge >= 0.3 is 0 Å². The van der Waals surface area contributed by atoms with Crippen LogP contribution < -0.4 is 11.1 Å². The fourth-order valence-electron chi connectivity index (χ4n) is 3.26. The smallest absolute Gasteiger partial charge is 0.248 e. The van der Waals surface area contributed by atoms with E-state index in [1.54, 1.807) is 12.1 Å². The molecule has 2 aromatic rings. The fraction of sp³-hybridized carbons (Fsp3) is 0.300. The van der Waals surface area contributed by atoms with E-state index in [2.05, 4.69) is 5.32 Å². The van der Waals surface area contributed by atoms with Crippen LogP contribution in [0.15, 0.2) is 53.4 Å². The number of carbonyl (C=O) groups is 2. The summed E-state index contributed by atoms with van der Waals surface area (Å²) in [6.07, 6.45) is 1.96. The molecule has 2 amide bonds. The Kier molecular flexibility index (Phi) is 6.56. The SMILES string of the molecule is NC(=O)c1ccc(CN(C2CCCCNC2=O)S(=O)(=O)c2ccc(Cl)cc2)cc1. The van der Waals surface area contributed by atoms with Gasteiger partial charge in [0.05, 0.1) is 4.90 Å². The molecule has 3 N–H and O–H groups in total. The summed E-state index contributed by atoms with van der Waals surface area (Å²) >= 11 is 5.89. The quantitative estimate of drug-likeness (QED) is 0.725. The van der Waals surface area contributed by atoms with Crippen molar-refractivity contribution in [2.75, 3.05) is 6.54 Å². The fourth-order valence-corrected chi connectivity index (χ4v) is 4.99. The van der Waals surface area contributed by atoms with Gasteiger partial charge in [0.1, 0.15) is 6.04 Å². The van der Waals surface area contributed by atoms with Crippen molar-refractivity contribution in [3.8, 4) is 0 Å². The molecule has 2 aromatic carbocycles. The van der Waals surface area contributed by atoms with Gasteiger partial charge in [-0.25, -0.2) is 8.42 Å². The summed E-state index contributed by atoms with van der Waals surface area (Å²) in [5.74, 6) is -0.876. The number of hydrogen-bond donors (Lipinski definition) is 2. The average Bonchev–Trinajstić information content (AvgIpc) is 2.91. The van der Waals surface area contributed by atoms with Gasteiger partial charge < -0.3 is 11.1 Å². The maximum absolute atomic E-state index is 13.4. The standard InChI is InChI=1S/C20H22ClN3O4S/c21-16-8-10-17(11-9-16)29(27,28)24(18-3-1-2-12-23-20(18)26)13-14-4-6-15(7-5-14)19(22)25/h4-11,18H,1-3,12-13H2,(H2,22,25)(H,23,26). The first kappa shape index (κ1) is 21.3. The normalized spacial score (nSPS) is 17.6. The predicted octanol–water partition coefficient (Wildman–Crippen LogP) is 2.30. The molecular formula is C20H22ClN3O4S. The Morgan fingerprint density at radius 3 is 2.38 bits per heavy atom. The Morgan fingerprint density at radius 2 is 1.76 bits per heavy atom. The molecule has 0 radical (unpaired) electrons. The highest BCUT2D eigenvalue weighted by atomic mass is 35.5. The zero-order chi connectivity index (χ0) is 21.0. The summed E-state index contributed by atoms with van der Waals surface area (Å²) in [4.78, 5) is 24.0. The second-order valence-electron chi connectivity index (χ2n) is 6.87. The van der Waals surface area contributed by atoms with Crippen LogP contribution in [0.1, 0.15) is 35.2 Å². The van der Waals surface area contributed by atoms with Crippen molar-refractivity contribution < 1.29 is 18.0 Å². The molecule has 1 aliphatic heterocycles. The Labute approximate surface area is 174 Å². The van der Waals surface area contributed by atoms with Gasteiger partial charge in [0, 0.05) is 23.7 Å². The maximum Gasteiger partial charge on any atom is 0.248 e. The molecule has 9 heteroatoms. The first-order valence-corrected chi connectivity index (χ1v) is 11.0. The number of benzene rings is 2. The minimum absolute atomic E-state index is 0.0118. The third-order valence-corrected chi connectivity index (χ3v) is 6.97. The van der Waals surface area contributed by atoms with Gasteiger partial charge in [0.15, 0.2) is 0 Å². The molecule has 7 nitrogen and oxygen atoms in total.